The monoisotopic (exact) mass is 285 g/mol. The van der Waals surface area contributed by atoms with Gasteiger partial charge in [0.25, 0.3) is 0 Å². The van der Waals surface area contributed by atoms with Gasteiger partial charge in [0.1, 0.15) is 0 Å². The second kappa shape index (κ2) is 5.09. The van der Waals surface area contributed by atoms with Crippen LogP contribution in [0.25, 0.3) is 11.0 Å². The Kier molecular flexibility index (Phi) is 3.25. The minimum atomic E-state index is -0.439. The van der Waals surface area contributed by atoms with Gasteiger partial charge in [0, 0.05) is 12.1 Å². The number of anilines is 1. The highest BCUT2D eigenvalue weighted by molar-refractivity contribution is 5.80. The third-order valence-corrected chi connectivity index (χ3v) is 3.64. The summed E-state index contributed by atoms with van der Waals surface area (Å²) in [4.78, 5) is 4.22. The number of nitrogens with two attached hydrogens (primary N) is 1. The molecule has 2 aromatic carbocycles. The molecule has 0 amide bonds. The number of methoxy groups -OCH3 is 1. The molecule has 21 heavy (non-hydrogen) atoms. The van der Waals surface area contributed by atoms with Gasteiger partial charge in [0.15, 0.2) is 11.6 Å². The Morgan fingerprint density at radius 1 is 1.29 bits per heavy atom. The maximum atomic E-state index is 13.7. The fourth-order valence-electron chi connectivity index (χ4n) is 2.43. The van der Waals surface area contributed by atoms with E-state index in [0.717, 1.165) is 11.1 Å². The van der Waals surface area contributed by atoms with Gasteiger partial charge in [-0.2, -0.15) is 0 Å². The fourth-order valence-corrected chi connectivity index (χ4v) is 2.43. The van der Waals surface area contributed by atoms with Crippen molar-refractivity contribution in [2.45, 2.75) is 13.5 Å². The molecule has 3 aromatic rings. The Morgan fingerprint density at radius 2 is 2.05 bits per heavy atom. The number of nitrogen functional groups attached to an aromatic ring is 1. The smallest absolute Gasteiger partial charge is 0.201 e. The third kappa shape index (κ3) is 2.31. The molecule has 1 heterocycles. The van der Waals surface area contributed by atoms with Crippen molar-refractivity contribution in [3.05, 3.63) is 53.3 Å². The van der Waals surface area contributed by atoms with Crippen molar-refractivity contribution < 1.29 is 9.13 Å². The molecule has 3 rings (SSSR count). The highest BCUT2D eigenvalue weighted by Crippen LogP contribution is 2.27. The van der Waals surface area contributed by atoms with Crippen LogP contribution in [0.1, 0.15) is 11.1 Å². The van der Waals surface area contributed by atoms with Crippen molar-refractivity contribution in [2.75, 3.05) is 12.8 Å². The zero-order valence-corrected chi connectivity index (χ0v) is 11.9. The molecule has 4 nitrogen and oxygen atoms in total. The predicted octanol–water partition coefficient (Wildman–Crippen LogP) is 3.12. The van der Waals surface area contributed by atoms with Gasteiger partial charge < -0.3 is 15.0 Å². The maximum Gasteiger partial charge on any atom is 0.201 e. The summed E-state index contributed by atoms with van der Waals surface area (Å²) < 4.78 is 20.6. The highest BCUT2D eigenvalue weighted by Gasteiger charge is 2.13. The molecule has 0 fully saturated rings. The largest absolute Gasteiger partial charge is 0.494 e. The van der Waals surface area contributed by atoms with E-state index in [2.05, 4.69) is 4.98 Å². The van der Waals surface area contributed by atoms with Crippen molar-refractivity contribution in [3.8, 4) is 5.75 Å². The number of ether oxygens (including phenoxy) is 1. The van der Waals surface area contributed by atoms with Crippen molar-refractivity contribution in [3.63, 3.8) is 0 Å². The lowest BCUT2D eigenvalue weighted by atomic mass is 10.1. The van der Waals surface area contributed by atoms with Crippen LogP contribution in [-0.2, 0) is 6.54 Å². The Bertz CT molecular complexity index is 811. The van der Waals surface area contributed by atoms with E-state index in [1.165, 1.54) is 18.7 Å². The van der Waals surface area contributed by atoms with Crippen molar-refractivity contribution in [2.24, 2.45) is 0 Å². The predicted molar refractivity (Wildman–Crippen MR) is 80.9 cm³/mol. The molecule has 0 unspecified atom stereocenters. The Labute approximate surface area is 122 Å². The summed E-state index contributed by atoms with van der Waals surface area (Å²) in [5, 5.41) is 0. The first-order valence-electron chi connectivity index (χ1n) is 6.64. The van der Waals surface area contributed by atoms with Crippen molar-refractivity contribution in [1.29, 1.82) is 0 Å². The number of benzene rings is 2. The van der Waals surface area contributed by atoms with Crippen LogP contribution in [0, 0.1) is 12.7 Å². The zero-order chi connectivity index (χ0) is 15.0. The summed E-state index contributed by atoms with van der Waals surface area (Å²) >= 11 is 0. The summed E-state index contributed by atoms with van der Waals surface area (Å²) in [6.45, 7) is 2.63. The van der Waals surface area contributed by atoms with Gasteiger partial charge >= 0.3 is 0 Å². The lowest BCUT2D eigenvalue weighted by Crippen LogP contribution is -2.05. The second-order valence-electron chi connectivity index (χ2n) is 4.96. The standard InChI is InChI=1S/C16H16FN3O/c1-10-5-3-4-6-11(10)9-20-14-8-15(21-2)12(17)7-13(14)19-16(20)18/h3-8H,9H2,1-2H3,(H2,18,19). The summed E-state index contributed by atoms with van der Waals surface area (Å²) in [6, 6.07) is 11.0. The van der Waals surface area contributed by atoms with E-state index in [4.69, 9.17) is 10.5 Å². The summed E-state index contributed by atoms with van der Waals surface area (Å²) in [7, 11) is 1.44. The average molecular weight is 285 g/mol. The van der Waals surface area contributed by atoms with E-state index in [1.54, 1.807) is 6.07 Å². The van der Waals surface area contributed by atoms with Gasteiger partial charge in [-0.15, -0.1) is 0 Å². The quantitative estimate of drug-likeness (QED) is 0.804. The molecule has 0 aliphatic heterocycles. The lowest BCUT2D eigenvalue weighted by molar-refractivity contribution is 0.387. The van der Waals surface area contributed by atoms with Crippen LogP contribution in [0.4, 0.5) is 10.3 Å². The van der Waals surface area contributed by atoms with E-state index in [9.17, 15) is 4.39 Å². The second-order valence-corrected chi connectivity index (χ2v) is 4.96. The number of fused-ring (bicyclic) bond motifs is 1. The van der Waals surface area contributed by atoms with Crippen LogP contribution in [0.5, 0.6) is 5.75 Å². The van der Waals surface area contributed by atoms with Crippen molar-refractivity contribution in [1.82, 2.24) is 9.55 Å². The Hall–Kier alpha value is -2.56. The number of hydrogen-bond donors (Lipinski definition) is 1. The van der Waals surface area contributed by atoms with Crippen LogP contribution < -0.4 is 10.5 Å². The minimum absolute atomic E-state index is 0.188. The SMILES string of the molecule is COc1cc2c(cc1F)nc(N)n2Cc1ccccc1C. The topological polar surface area (TPSA) is 53.1 Å². The van der Waals surface area contributed by atoms with Gasteiger partial charge in [-0.05, 0) is 18.1 Å². The normalized spacial score (nSPS) is 11.0. The summed E-state index contributed by atoms with van der Waals surface area (Å²) in [5.41, 5.74) is 9.59. The first kappa shape index (κ1) is 13.4. The number of aromatic nitrogens is 2. The van der Waals surface area contributed by atoms with Gasteiger partial charge in [0.2, 0.25) is 5.95 Å². The molecule has 2 N–H and O–H groups in total. The van der Waals surface area contributed by atoms with Gasteiger partial charge in [0.05, 0.1) is 24.7 Å². The molecule has 1 aromatic heterocycles. The highest BCUT2D eigenvalue weighted by atomic mass is 19.1. The van der Waals surface area contributed by atoms with Crippen LogP contribution >= 0.6 is 0 Å². The molecule has 0 aliphatic carbocycles. The van der Waals surface area contributed by atoms with E-state index in [0.29, 0.717) is 18.0 Å². The first-order valence-corrected chi connectivity index (χ1v) is 6.64. The molecule has 0 radical (unpaired) electrons. The number of imidazole rings is 1. The van der Waals surface area contributed by atoms with Crippen LogP contribution in [0.15, 0.2) is 36.4 Å². The minimum Gasteiger partial charge on any atom is -0.494 e. The molecule has 108 valence electrons. The molecular formula is C16H16FN3O. The lowest BCUT2D eigenvalue weighted by Gasteiger charge is -2.10. The molecule has 0 atom stereocenters. The average Bonchev–Trinajstić information content (AvgIpc) is 2.75. The number of halogens is 1. The molecule has 0 spiro atoms. The molecule has 0 bridgehead atoms. The third-order valence-electron chi connectivity index (χ3n) is 3.64. The Balaban J connectivity index is 2.14. The zero-order valence-electron chi connectivity index (χ0n) is 11.9. The molecule has 5 heteroatoms. The molecule has 0 saturated heterocycles. The van der Waals surface area contributed by atoms with Crippen LogP contribution in [-0.4, -0.2) is 16.7 Å². The van der Waals surface area contributed by atoms with Gasteiger partial charge in [-0.3, -0.25) is 0 Å². The van der Waals surface area contributed by atoms with E-state index >= 15 is 0 Å². The molecular weight excluding hydrogens is 269 g/mol. The van der Waals surface area contributed by atoms with Crippen LogP contribution in [0.3, 0.4) is 0 Å². The van der Waals surface area contributed by atoms with E-state index in [-0.39, 0.29) is 5.75 Å². The molecule has 0 saturated carbocycles. The number of rotatable bonds is 3. The number of aryl methyl sites for hydroxylation is 1. The first-order chi connectivity index (χ1) is 10.1. The van der Waals surface area contributed by atoms with Gasteiger partial charge in [-0.25, -0.2) is 9.37 Å². The summed E-state index contributed by atoms with van der Waals surface area (Å²) in [6.07, 6.45) is 0. The maximum absolute atomic E-state index is 13.7. The fraction of sp³-hybridized carbons (Fsp3) is 0.188. The van der Waals surface area contributed by atoms with Crippen molar-refractivity contribution >= 4 is 17.0 Å². The Morgan fingerprint density at radius 3 is 2.76 bits per heavy atom. The van der Waals surface area contributed by atoms with E-state index < -0.39 is 5.82 Å². The summed E-state index contributed by atoms with van der Waals surface area (Å²) in [5.74, 6) is 0.111. The molecule has 0 aliphatic rings. The number of hydrogen-bond acceptors (Lipinski definition) is 3. The number of nitrogens with zero attached hydrogens (tertiary/aromatic N) is 2. The van der Waals surface area contributed by atoms with Gasteiger partial charge in [-0.1, -0.05) is 24.3 Å². The van der Waals surface area contributed by atoms with E-state index in [1.807, 2.05) is 35.8 Å². The van der Waals surface area contributed by atoms with Crippen LogP contribution in [0.2, 0.25) is 0 Å².